The first-order valence-corrected chi connectivity index (χ1v) is 28.3. The highest BCUT2D eigenvalue weighted by molar-refractivity contribution is 7.57. The maximum Gasteiger partial charge on any atom is 0.472 e. The molecule has 0 aliphatic heterocycles. The summed E-state index contributed by atoms with van der Waals surface area (Å²) >= 11 is 7.69. The molecule has 0 saturated carbocycles. The van der Waals surface area contributed by atoms with E-state index in [1.54, 1.807) is 50.2 Å². The second-order valence-electron chi connectivity index (χ2n) is 16.9. The van der Waals surface area contributed by atoms with Crippen LogP contribution >= 0.6 is 49.5 Å². The average Bonchev–Trinajstić information content (AvgIpc) is 4.22. The third-order valence-electron chi connectivity index (χ3n) is 11.3. The third-order valence-corrected chi connectivity index (χ3v) is 14.8. The zero-order valence-corrected chi connectivity index (χ0v) is 44.4. The Bertz CT molecular complexity index is 3340. The number of alkyl halides is 1. The molecule has 27 heteroatoms. The molecule has 4 N–H and O–H groups in total. The number of phosphoric ester groups is 1. The van der Waals surface area contributed by atoms with E-state index in [0.717, 1.165) is 29.3 Å². The molecule has 4 atom stereocenters. The minimum absolute atomic E-state index is 0.0181. The number of aliphatic hydroxyl groups is 2. The monoisotopic (exact) mass is 1130 g/mol. The van der Waals surface area contributed by atoms with Gasteiger partial charge in [-0.25, -0.2) is 46.3 Å². The van der Waals surface area contributed by atoms with Crippen LogP contribution in [0.1, 0.15) is 52.4 Å². The normalized spacial score (nSPS) is 14.0. The molecule has 0 aliphatic carbocycles. The van der Waals surface area contributed by atoms with Crippen LogP contribution in [0, 0.1) is 34.6 Å². The molecule has 0 spiro atoms. The van der Waals surface area contributed by atoms with Gasteiger partial charge in [-0.3, -0.25) is 14.1 Å². The van der Waals surface area contributed by atoms with Crippen molar-refractivity contribution in [2.45, 2.75) is 56.7 Å². The van der Waals surface area contributed by atoms with Gasteiger partial charge in [0.2, 0.25) is 6.33 Å². The van der Waals surface area contributed by atoms with Crippen LogP contribution in [0.5, 0.6) is 0 Å². The van der Waals surface area contributed by atoms with E-state index in [0.29, 0.717) is 38.7 Å². The van der Waals surface area contributed by atoms with E-state index in [2.05, 4.69) is 52.0 Å². The molecule has 8 rings (SSSR count). The second kappa shape index (κ2) is 25.1. The van der Waals surface area contributed by atoms with Gasteiger partial charge < -0.3 is 24.5 Å². The van der Waals surface area contributed by atoms with E-state index in [9.17, 15) is 36.9 Å². The molecule has 4 heterocycles. The molecule has 0 saturated heterocycles. The number of thiazole rings is 2. The predicted octanol–water partition coefficient (Wildman–Crippen LogP) is 9.64. The van der Waals surface area contributed by atoms with Crippen molar-refractivity contribution in [1.82, 2.24) is 34.5 Å². The minimum Gasteiger partial charge on any atom is -0.382 e. The minimum atomic E-state index is -4.71. The Balaban J connectivity index is 0.000000219. The third kappa shape index (κ3) is 15.5. The smallest absolute Gasteiger partial charge is 0.382 e. The van der Waals surface area contributed by atoms with Crippen LogP contribution < -0.4 is 4.57 Å². The maximum atomic E-state index is 15.0. The van der Waals surface area contributed by atoms with Crippen LogP contribution in [-0.4, -0.2) is 80.6 Å². The van der Waals surface area contributed by atoms with E-state index >= 15 is 0 Å². The number of nitriles is 1. The number of benzene rings is 4. The van der Waals surface area contributed by atoms with E-state index in [1.807, 2.05) is 22.9 Å². The average molecular weight is 1130 g/mol. The first kappa shape index (κ1) is 58.1. The van der Waals surface area contributed by atoms with Gasteiger partial charge in [-0.15, -0.1) is 27.4 Å². The van der Waals surface area contributed by atoms with E-state index in [1.165, 1.54) is 87.4 Å². The summed E-state index contributed by atoms with van der Waals surface area (Å²) in [4.78, 5) is 34.8. The molecule has 0 radical (unpaired) electrons. The van der Waals surface area contributed by atoms with Gasteiger partial charge in [-0.2, -0.15) is 10.4 Å². The van der Waals surface area contributed by atoms with Crippen molar-refractivity contribution in [3.8, 4) is 28.6 Å². The SMILES string of the molecule is C=Nc1ccc(-c2csc(C(C)C(O)(Cn3c[n+](COP(=O)(O)O)cn3)c3ccc(F)cc3F)n2)cc1.CC(c1nc(-c2ccc(C#N)cc2)cs1)C(O)(Cn1cncn1)c1ccc(F)cc1F.CP(C)(=O)OCCl. The van der Waals surface area contributed by atoms with E-state index < -0.39 is 68.2 Å². The molecule has 394 valence electrons. The van der Waals surface area contributed by atoms with Crippen molar-refractivity contribution in [2.75, 3.05) is 19.4 Å². The van der Waals surface area contributed by atoms with Crippen molar-refractivity contribution in [1.29, 1.82) is 5.26 Å². The lowest BCUT2D eigenvalue weighted by molar-refractivity contribution is -0.726. The van der Waals surface area contributed by atoms with Crippen LogP contribution in [0.2, 0.25) is 0 Å². The van der Waals surface area contributed by atoms with Gasteiger partial charge in [0.1, 0.15) is 59.7 Å². The lowest BCUT2D eigenvalue weighted by Gasteiger charge is -2.33. The zero-order chi connectivity index (χ0) is 54.7. The van der Waals surface area contributed by atoms with Gasteiger partial charge in [-0.1, -0.05) is 61.8 Å². The van der Waals surface area contributed by atoms with Crippen LogP contribution in [0.4, 0.5) is 23.2 Å². The van der Waals surface area contributed by atoms with Gasteiger partial charge in [0.05, 0.1) is 45.3 Å². The summed E-state index contributed by atoms with van der Waals surface area (Å²) in [7, 11) is -7.01. The summed E-state index contributed by atoms with van der Waals surface area (Å²) in [6.45, 7) is 9.07. The van der Waals surface area contributed by atoms with Gasteiger partial charge in [-0.05, 0) is 43.1 Å². The fourth-order valence-corrected chi connectivity index (χ4v) is 10.4. The van der Waals surface area contributed by atoms with Gasteiger partial charge >= 0.3 is 7.82 Å². The number of hydrogen-bond donors (Lipinski definition) is 4. The van der Waals surface area contributed by atoms with Crippen molar-refractivity contribution >= 4 is 61.9 Å². The second-order valence-corrected chi connectivity index (χ2v) is 22.9. The molecule has 0 fully saturated rings. The fraction of sp³-hybridized carbons (Fsp3) is 0.250. The summed E-state index contributed by atoms with van der Waals surface area (Å²) in [6.07, 6.45) is 5.30. The summed E-state index contributed by atoms with van der Waals surface area (Å²) in [6, 6.07) is 22.3. The molecule has 4 aromatic carbocycles. The molecule has 4 unspecified atom stereocenters. The lowest BCUT2D eigenvalue weighted by atomic mass is 9.82. The molecule has 0 amide bonds. The topological polar surface area (TPSA) is 248 Å². The Kier molecular flexibility index (Phi) is 19.4. The highest BCUT2D eigenvalue weighted by Crippen LogP contribution is 2.44. The Hall–Kier alpha value is -6.19. The number of hydrogen-bond acceptors (Lipinski definition) is 15. The first-order valence-electron chi connectivity index (χ1n) is 22.0. The van der Waals surface area contributed by atoms with Crippen molar-refractivity contribution in [3.63, 3.8) is 0 Å². The van der Waals surface area contributed by atoms with Crippen LogP contribution in [0.3, 0.4) is 0 Å². The van der Waals surface area contributed by atoms with E-state index in [4.69, 9.17) is 26.6 Å². The molecule has 75 heavy (non-hydrogen) atoms. The zero-order valence-electron chi connectivity index (χ0n) is 40.2. The Morgan fingerprint density at radius 1 is 0.800 bits per heavy atom. The van der Waals surface area contributed by atoms with Crippen molar-refractivity contribution in [2.24, 2.45) is 4.99 Å². The lowest BCUT2D eigenvalue weighted by Crippen LogP contribution is -2.39. The molecule has 0 bridgehead atoms. The number of phosphoric acid groups is 1. The summed E-state index contributed by atoms with van der Waals surface area (Å²) in [5.74, 6) is -4.73. The van der Waals surface area contributed by atoms with E-state index in [-0.39, 0.29) is 30.3 Å². The first-order chi connectivity index (χ1) is 35.4. The molecule has 18 nitrogen and oxygen atoms in total. The molecular formula is C48H48ClF4N10O8P2S2+. The van der Waals surface area contributed by atoms with Crippen LogP contribution in [0.15, 0.2) is 126 Å². The molecule has 8 aromatic rings. The highest BCUT2D eigenvalue weighted by atomic mass is 35.5. The largest absolute Gasteiger partial charge is 0.472 e. The number of rotatable bonds is 18. The maximum absolute atomic E-state index is 15.0. The molecule has 0 aliphatic rings. The number of aromatic nitrogens is 8. The van der Waals surface area contributed by atoms with Crippen LogP contribution in [-0.2, 0) is 49.2 Å². The molecule has 4 aromatic heterocycles. The quantitative estimate of drug-likeness (QED) is 0.0205. The van der Waals surface area contributed by atoms with Crippen LogP contribution in [0.25, 0.3) is 22.5 Å². The Morgan fingerprint density at radius 2 is 1.31 bits per heavy atom. The number of nitrogens with zero attached hydrogens (tertiary/aromatic N) is 10. The summed E-state index contributed by atoms with van der Waals surface area (Å²) in [5.41, 5.74) is 0.314. The highest BCUT2D eigenvalue weighted by Gasteiger charge is 2.44. The fourth-order valence-electron chi connectivity index (χ4n) is 7.27. The molecular weight excluding hydrogens is 1080 g/mol. The standard InChI is InChI=1S/C23H22F2N5O5PS.C22H17F2N5OS.C3H8ClO2P/c1-15(22-28-21(10-37-22)16-3-6-18(26-2)7-4-16)23(31,19-8-5-17(24)9-20(19)25)11-30-13-29(12-27-30)14-35-36(32,33)34;1-14(21-28-20(10-31-21)16-4-2-15(9-25)3-5-16)22(30,11-29-13-26-12-27-29)18-7-6-17(23)8-19(18)24;1-7(2,5)6-3-4/h3-10,12-13,15,31H,2,11,14H2,1H3,(H-,32,33,34);2-8,10,12-14,30H,11H2,1H3;3H2,1-2H3/p+1. The van der Waals surface area contributed by atoms with Gasteiger partial charge in [0.15, 0.2) is 14.1 Å². The Morgan fingerprint density at radius 3 is 1.72 bits per heavy atom. The van der Waals surface area contributed by atoms with Crippen molar-refractivity contribution < 1.29 is 60.3 Å². The number of aliphatic imine (C=N–C) groups is 1. The Labute approximate surface area is 440 Å². The van der Waals surface area contributed by atoms with Gasteiger partial charge in [0, 0.05) is 75.4 Å². The number of halogens is 5. The predicted molar refractivity (Wildman–Crippen MR) is 273 cm³/mol. The van der Waals surface area contributed by atoms with Crippen molar-refractivity contribution in [3.05, 3.63) is 171 Å². The summed E-state index contributed by atoms with van der Waals surface area (Å²) in [5, 5.41) is 45.4. The summed E-state index contributed by atoms with van der Waals surface area (Å²) < 4.78 is 91.2. The van der Waals surface area contributed by atoms with Gasteiger partial charge in [0.25, 0.3) is 6.33 Å².